The van der Waals surface area contributed by atoms with E-state index in [2.05, 4.69) is 60.3 Å². The Morgan fingerprint density at radius 3 is 2.85 bits per heavy atom. The predicted octanol–water partition coefficient (Wildman–Crippen LogP) is 3.76. The largest absolute Gasteiger partial charge is 0.356 e. The van der Waals surface area contributed by atoms with Gasteiger partial charge in [-0.05, 0) is 68.8 Å². The lowest BCUT2D eigenvalue weighted by atomic mass is 10.1. The third kappa shape index (κ3) is 5.98. The van der Waals surface area contributed by atoms with E-state index in [0.717, 1.165) is 48.8 Å². The molecule has 5 heteroatoms. The van der Waals surface area contributed by atoms with Gasteiger partial charge in [-0.1, -0.05) is 34.5 Å². The second-order valence-electron chi connectivity index (χ2n) is 7.67. The molecule has 1 aromatic rings. The average molecular weight is 421 g/mol. The number of hydrogen-bond acceptors (Lipinski definition) is 2. The Morgan fingerprint density at radius 1 is 1.23 bits per heavy atom. The predicted molar refractivity (Wildman–Crippen MR) is 114 cm³/mol. The molecule has 3 rings (SSSR count). The van der Waals surface area contributed by atoms with Crippen molar-refractivity contribution in [3.63, 3.8) is 0 Å². The van der Waals surface area contributed by atoms with Crippen LogP contribution in [0.2, 0.25) is 0 Å². The van der Waals surface area contributed by atoms with Gasteiger partial charge in [0.05, 0.1) is 0 Å². The van der Waals surface area contributed by atoms with E-state index in [-0.39, 0.29) is 0 Å². The number of piperidine rings is 1. The molecule has 0 bridgehead atoms. The Labute approximate surface area is 167 Å². The van der Waals surface area contributed by atoms with E-state index >= 15 is 0 Å². The molecule has 0 saturated carbocycles. The van der Waals surface area contributed by atoms with Crippen LogP contribution in [0.3, 0.4) is 0 Å². The molecule has 1 N–H and O–H groups in total. The molecule has 144 valence electrons. The fourth-order valence-corrected chi connectivity index (χ4v) is 4.65. The van der Waals surface area contributed by atoms with Crippen LogP contribution in [0.4, 0.5) is 0 Å². The summed E-state index contributed by atoms with van der Waals surface area (Å²) in [6.45, 7) is 7.16. The molecular formula is C21H33BrN4. The van der Waals surface area contributed by atoms with Gasteiger partial charge in [-0.25, -0.2) is 0 Å². The van der Waals surface area contributed by atoms with Crippen molar-refractivity contribution in [2.75, 3.05) is 46.3 Å². The lowest BCUT2D eigenvalue weighted by Crippen LogP contribution is -2.41. The zero-order chi connectivity index (χ0) is 18.2. The van der Waals surface area contributed by atoms with Crippen LogP contribution in [-0.2, 0) is 6.42 Å². The highest BCUT2D eigenvalue weighted by molar-refractivity contribution is 9.10. The van der Waals surface area contributed by atoms with Gasteiger partial charge in [0, 0.05) is 37.7 Å². The maximum atomic E-state index is 4.52. The summed E-state index contributed by atoms with van der Waals surface area (Å²) in [5.74, 6) is 1.88. The van der Waals surface area contributed by atoms with Crippen molar-refractivity contribution in [3.8, 4) is 0 Å². The Bertz CT molecular complexity index is 583. The molecule has 4 nitrogen and oxygen atoms in total. The molecule has 2 fully saturated rings. The van der Waals surface area contributed by atoms with Gasteiger partial charge >= 0.3 is 0 Å². The molecule has 2 saturated heterocycles. The van der Waals surface area contributed by atoms with Crippen LogP contribution in [0.5, 0.6) is 0 Å². The number of guanidine groups is 1. The SMILES string of the molecule is CN=C(NCCCc1cccc(Br)c1)N1CCC(CN2CCCCC2)C1. The summed E-state index contributed by atoms with van der Waals surface area (Å²) < 4.78 is 1.16. The van der Waals surface area contributed by atoms with Gasteiger partial charge in [-0.2, -0.15) is 0 Å². The van der Waals surface area contributed by atoms with Crippen molar-refractivity contribution in [1.29, 1.82) is 0 Å². The van der Waals surface area contributed by atoms with E-state index in [1.165, 1.54) is 50.9 Å². The molecule has 2 aliphatic rings. The first kappa shape index (κ1) is 19.7. The van der Waals surface area contributed by atoms with Gasteiger partial charge in [0.1, 0.15) is 0 Å². The third-order valence-corrected chi connectivity index (χ3v) is 6.07. The van der Waals surface area contributed by atoms with Crippen molar-refractivity contribution < 1.29 is 0 Å². The summed E-state index contributed by atoms with van der Waals surface area (Å²) >= 11 is 3.55. The normalized spacial score (nSPS) is 22.0. The van der Waals surface area contributed by atoms with Crippen LogP contribution in [0.15, 0.2) is 33.7 Å². The van der Waals surface area contributed by atoms with E-state index in [4.69, 9.17) is 0 Å². The molecule has 0 amide bonds. The van der Waals surface area contributed by atoms with Crippen LogP contribution < -0.4 is 5.32 Å². The van der Waals surface area contributed by atoms with Crippen LogP contribution >= 0.6 is 15.9 Å². The van der Waals surface area contributed by atoms with Gasteiger partial charge in [-0.3, -0.25) is 4.99 Å². The summed E-state index contributed by atoms with van der Waals surface area (Å²) in [6.07, 6.45) is 7.72. The zero-order valence-electron chi connectivity index (χ0n) is 16.1. The Hall–Kier alpha value is -1.07. The maximum absolute atomic E-state index is 4.52. The second-order valence-corrected chi connectivity index (χ2v) is 8.59. The standard InChI is InChI=1S/C21H33BrN4/c1-23-21(24-11-6-8-18-7-5-9-20(22)15-18)26-14-10-19(17-26)16-25-12-3-2-4-13-25/h5,7,9,15,19H,2-4,6,8,10-14,16-17H2,1H3,(H,23,24). The number of hydrogen-bond donors (Lipinski definition) is 1. The number of benzene rings is 1. The van der Waals surface area contributed by atoms with Crippen molar-refractivity contribution in [2.45, 2.75) is 38.5 Å². The van der Waals surface area contributed by atoms with Crippen molar-refractivity contribution >= 4 is 21.9 Å². The molecule has 0 radical (unpaired) electrons. The first-order chi connectivity index (χ1) is 12.7. The molecule has 1 atom stereocenters. The Kier molecular flexibility index (Phi) is 7.81. The minimum atomic E-state index is 0.799. The van der Waals surface area contributed by atoms with E-state index in [9.17, 15) is 0 Å². The van der Waals surface area contributed by atoms with Crippen LogP contribution in [0, 0.1) is 5.92 Å². The minimum absolute atomic E-state index is 0.799. The molecule has 0 spiro atoms. The van der Waals surface area contributed by atoms with E-state index in [1.807, 2.05) is 7.05 Å². The van der Waals surface area contributed by atoms with Gasteiger partial charge in [0.25, 0.3) is 0 Å². The molecule has 2 heterocycles. The molecular weight excluding hydrogens is 388 g/mol. The van der Waals surface area contributed by atoms with Crippen LogP contribution in [0.1, 0.15) is 37.7 Å². The number of nitrogens with zero attached hydrogens (tertiary/aromatic N) is 3. The monoisotopic (exact) mass is 420 g/mol. The summed E-state index contributed by atoms with van der Waals surface area (Å²) in [4.78, 5) is 9.64. The fraction of sp³-hybridized carbons (Fsp3) is 0.667. The number of aryl methyl sites for hydroxylation is 1. The van der Waals surface area contributed by atoms with Crippen LogP contribution in [-0.4, -0.2) is 62.1 Å². The number of halogens is 1. The topological polar surface area (TPSA) is 30.9 Å². The highest BCUT2D eigenvalue weighted by Gasteiger charge is 2.26. The zero-order valence-corrected chi connectivity index (χ0v) is 17.7. The van der Waals surface area contributed by atoms with Crippen molar-refractivity contribution in [2.24, 2.45) is 10.9 Å². The molecule has 26 heavy (non-hydrogen) atoms. The lowest BCUT2D eigenvalue weighted by Gasteiger charge is -2.29. The fourth-order valence-electron chi connectivity index (χ4n) is 4.20. The lowest BCUT2D eigenvalue weighted by molar-refractivity contribution is 0.198. The van der Waals surface area contributed by atoms with Crippen molar-refractivity contribution in [3.05, 3.63) is 34.3 Å². The summed E-state index contributed by atoms with van der Waals surface area (Å²) in [5, 5.41) is 3.57. The molecule has 0 aromatic heterocycles. The van der Waals surface area contributed by atoms with Gasteiger partial charge in [-0.15, -0.1) is 0 Å². The van der Waals surface area contributed by atoms with E-state index in [1.54, 1.807) is 0 Å². The molecule has 0 aliphatic carbocycles. The highest BCUT2D eigenvalue weighted by atomic mass is 79.9. The molecule has 1 aromatic carbocycles. The van der Waals surface area contributed by atoms with E-state index in [0.29, 0.717) is 0 Å². The summed E-state index contributed by atoms with van der Waals surface area (Å²) in [6, 6.07) is 8.60. The van der Waals surface area contributed by atoms with E-state index < -0.39 is 0 Å². The Balaban J connectivity index is 1.37. The summed E-state index contributed by atoms with van der Waals surface area (Å²) in [5.41, 5.74) is 1.39. The quantitative estimate of drug-likeness (QED) is 0.431. The Morgan fingerprint density at radius 2 is 2.08 bits per heavy atom. The smallest absolute Gasteiger partial charge is 0.193 e. The van der Waals surface area contributed by atoms with Gasteiger partial charge in [0.15, 0.2) is 5.96 Å². The molecule has 2 aliphatic heterocycles. The highest BCUT2D eigenvalue weighted by Crippen LogP contribution is 2.20. The first-order valence-electron chi connectivity index (χ1n) is 10.2. The minimum Gasteiger partial charge on any atom is -0.356 e. The maximum Gasteiger partial charge on any atom is 0.193 e. The second kappa shape index (κ2) is 10.3. The first-order valence-corrected chi connectivity index (χ1v) is 11.0. The third-order valence-electron chi connectivity index (χ3n) is 5.58. The number of nitrogens with one attached hydrogen (secondary N) is 1. The number of aliphatic imine (C=N–C) groups is 1. The van der Waals surface area contributed by atoms with Gasteiger partial charge in [0.2, 0.25) is 0 Å². The average Bonchev–Trinajstić information content (AvgIpc) is 3.11. The van der Waals surface area contributed by atoms with Crippen LogP contribution in [0.25, 0.3) is 0 Å². The molecule has 1 unspecified atom stereocenters. The number of likely N-dealkylation sites (tertiary alicyclic amines) is 2. The number of rotatable bonds is 6. The summed E-state index contributed by atoms with van der Waals surface area (Å²) in [7, 11) is 1.91. The van der Waals surface area contributed by atoms with Crippen molar-refractivity contribution in [1.82, 2.24) is 15.1 Å². The van der Waals surface area contributed by atoms with Gasteiger partial charge < -0.3 is 15.1 Å².